The normalized spacial score (nSPS) is 12.9. The summed E-state index contributed by atoms with van der Waals surface area (Å²) in [5.41, 5.74) is 1.03. The third kappa shape index (κ3) is 2.53. The van der Waals surface area contributed by atoms with Crippen LogP contribution in [0.1, 0.15) is 36.4 Å². The minimum absolute atomic E-state index is 0.0346. The summed E-state index contributed by atoms with van der Waals surface area (Å²) in [7, 11) is 0. The molecule has 0 spiro atoms. The molecule has 0 amide bonds. The Balaban J connectivity index is 2.35. The van der Waals surface area contributed by atoms with Gasteiger partial charge in [-0.25, -0.2) is 14.6 Å². The molecule has 0 saturated heterocycles. The molecule has 0 aliphatic carbocycles. The molecule has 0 saturated carbocycles. The van der Waals surface area contributed by atoms with Crippen molar-refractivity contribution in [3.63, 3.8) is 0 Å². The molecular formula is C11H17N5S. The van der Waals surface area contributed by atoms with Crippen molar-refractivity contribution in [2.75, 3.05) is 6.54 Å². The van der Waals surface area contributed by atoms with E-state index in [4.69, 9.17) is 0 Å². The number of nitrogens with zero attached hydrogens (tertiary/aromatic N) is 4. The standard InChI is InChI=1S/C11H17N5S/c1-4-12-10(9-6-17-8(3)15-9)11-13-7-14-16(11)5-2/h6-7,10,12H,4-5H2,1-3H3. The van der Waals surface area contributed by atoms with Gasteiger partial charge in [-0.2, -0.15) is 5.10 Å². The van der Waals surface area contributed by atoms with Gasteiger partial charge in [-0.15, -0.1) is 11.3 Å². The zero-order valence-corrected chi connectivity index (χ0v) is 11.2. The van der Waals surface area contributed by atoms with Crippen LogP contribution in [0.2, 0.25) is 0 Å². The number of rotatable bonds is 5. The van der Waals surface area contributed by atoms with Gasteiger partial charge in [0.1, 0.15) is 18.2 Å². The Hall–Kier alpha value is -1.27. The minimum atomic E-state index is 0.0346. The molecule has 2 aromatic heterocycles. The van der Waals surface area contributed by atoms with Gasteiger partial charge in [0.15, 0.2) is 0 Å². The maximum atomic E-state index is 4.54. The van der Waals surface area contributed by atoms with E-state index in [-0.39, 0.29) is 6.04 Å². The molecule has 0 bridgehead atoms. The van der Waals surface area contributed by atoms with Gasteiger partial charge in [-0.1, -0.05) is 6.92 Å². The average molecular weight is 251 g/mol. The highest BCUT2D eigenvalue weighted by atomic mass is 32.1. The van der Waals surface area contributed by atoms with E-state index in [0.29, 0.717) is 0 Å². The van der Waals surface area contributed by atoms with Gasteiger partial charge >= 0.3 is 0 Å². The van der Waals surface area contributed by atoms with Crippen LogP contribution in [0.4, 0.5) is 0 Å². The Bertz CT molecular complexity index is 476. The Morgan fingerprint density at radius 3 is 2.88 bits per heavy atom. The Labute approximate surface area is 105 Å². The molecule has 5 nitrogen and oxygen atoms in total. The van der Waals surface area contributed by atoms with Crippen LogP contribution in [0.3, 0.4) is 0 Å². The zero-order valence-electron chi connectivity index (χ0n) is 10.3. The molecular weight excluding hydrogens is 234 g/mol. The fourth-order valence-electron chi connectivity index (χ4n) is 1.79. The van der Waals surface area contributed by atoms with Crippen LogP contribution in [-0.2, 0) is 6.54 Å². The van der Waals surface area contributed by atoms with E-state index in [9.17, 15) is 0 Å². The molecule has 2 heterocycles. The van der Waals surface area contributed by atoms with Crippen LogP contribution in [0.15, 0.2) is 11.7 Å². The first-order valence-corrected chi connectivity index (χ1v) is 6.67. The quantitative estimate of drug-likeness (QED) is 0.880. The molecule has 6 heteroatoms. The molecule has 0 fully saturated rings. The summed E-state index contributed by atoms with van der Waals surface area (Å²) >= 11 is 1.66. The summed E-state index contributed by atoms with van der Waals surface area (Å²) in [4.78, 5) is 8.88. The Morgan fingerprint density at radius 2 is 2.29 bits per heavy atom. The van der Waals surface area contributed by atoms with Crippen molar-refractivity contribution < 1.29 is 0 Å². The van der Waals surface area contributed by atoms with Crippen molar-refractivity contribution in [1.82, 2.24) is 25.1 Å². The van der Waals surface area contributed by atoms with Gasteiger partial charge in [0, 0.05) is 11.9 Å². The van der Waals surface area contributed by atoms with Crippen molar-refractivity contribution in [2.24, 2.45) is 0 Å². The summed E-state index contributed by atoms with van der Waals surface area (Å²) in [5, 5.41) is 10.8. The second-order valence-electron chi connectivity index (χ2n) is 3.72. The predicted octanol–water partition coefficient (Wildman–Crippen LogP) is 1.76. The molecule has 92 valence electrons. The van der Waals surface area contributed by atoms with Crippen molar-refractivity contribution in [1.29, 1.82) is 0 Å². The molecule has 2 aromatic rings. The zero-order chi connectivity index (χ0) is 12.3. The molecule has 1 N–H and O–H groups in total. The van der Waals surface area contributed by atoms with Crippen molar-refractivity contribution in [3.05, 3.63) is 28.2 Å². The third-order valence-electron chi connectivity index (χ3n) is 2.54. The maximum Gasteiger partial charge on any atom is 0.150 e. The minimum Gasteiger partial charge on any atom is -0.303 e. The van der Waals surface area contributed by atoms with Gasteiger partial charge in [0.25, 0.3) is 0 Å². The van der Waals surface area contributed by atoms with Crippen molar-refractivity contribution in [3.8, 4) is 0 Å². The molecule has 2 rings (SSSR count). The summed E-state index contributed by atoms with van der Waals surface area (Å²) in [6.45, 7) is 7.85. The number of hydrogen-bond donors (Lipinski definition) is 1. The fraction of sp³-hybridized carbons (Fsp3) is 0.545. The van der Waals surface area contributed by atoms with E-state index < -0.39 is 0 Å². The first-order chi connectivity index (χ1) is 8.26. The van der Waals surface area contributed by atoms with E-state index in [1.165, 1.54) is 0 Å². The number of thiazole rings is 1. The van der Waals surface area contributed by atoms with E-state index in [0.717, 1.165) is 29.6 Å². The highest BCUT2D eigenvalue weighted by Crippen LogP contribution is 2.21. The summed E-state index contributed by atoms with van der Waals surface area (Å²) in [5.74, 6) is 0.930. The van der Waals surface area contributed by atoms with E-state index in [1.807, 2.05) is 11.6 Å². The topological polar surface area (TPSA) is 55.6 Å². The smallest absolute Gasteiger partial charge is 0.150 e. The predicted molar refractivity (Wildman–Crippen MR) is 68.1 cm³/mol. The lowest BCUT2D eigenvalue weighted by Crippen LogP contribution is -2.26. The van der Waals surface area contributed by atoms with Crippen LogP contribution >= 0.6 is 11.3 Å². The SMILES string of the molecule is CCNC(c1csc(C)n1)c1ncnn1CC. The summed E-state index contributed by atoms with van der Waals surface area (Å²) in [6.07, 6.45) is 1.60. The van der Waals surface area contributed by atoms with Gasteiger partial charge in [-0.3, -0.25) is 0 Å². The monoisotopic (exact) mass is 251 g/mol. The number of hydrogen-bond acceptors (Lipinski definition) is 5. The third-order valence-corrected chi connectivity index (χ3v) is 3.34. The van der Waals surface area contributed by atoms with Crippen LogP contribution in [0.25, 0.3) is 0 Å². The van der Waals surface area contributed by atoms with Gasteiger partial charge in [0.05, 0.1) is 10.7 Å². The van der Waals surface area contributed by atoms with Crippen LogP contribution < -0.4 is 5.32 Å². The first-order valence-electron chi connectivity index (χ1n) is 5.79. The summed E-state index contributed by atoms with van der Waals surface area (Å²) in [6, 6.07) is 0.0346. The maximum absolute atomic E-state index is 4.54. The second-order valence-corrected chi connectivity index (χ2v) is 4.78. The molecule has 0 aliphatic rings. The van der Waals surface area contributed by atoms with Crippen LogP contribution in [0.5, 0.6) is 0 Å². The molecule has 0 aliphatic heterocycles. The number of aryl methyl sites for hydroxylation is 2. The molecule has 0 radical (unpaired) electrons. The lowest BCUT2D eigenvalue weighted by molar-refractivity contribution is 0.524. The largest absolute Gasteiger partial charge is 0.303 e. The lowest BCUT2D eigenvalue weighted by Gasteiger charge is -2.15. The summed E-state index contributed by atoms with van der Waals surface area (Å²) < 4.78 is 1.90. The fourth-order valence-corrected chi connectivity index (χ4v) is 2.42. The van der Waals surface area contributed by atoms with Crippen molar-refractivity contribution >= 4 is 11.3 Å². The first kappa shape index (κ1) is 12.2. The van der Waals surface area contributed by atoms with Gasteiger partial charge < -0.3 is 5.32 Å². The molecule has 0 aromatic carbocycles. The number of nitrogens with one attached hydrogen (secondary N) is 1. The average Bonchev–Trinajstić information content (AvgIpc) is 2.94. The van der Waals surface area contributed by atoms with Crippen LogP contribution in [-0.4, -0.2) is 26.3 Å². The van der Waals surface area contributed by atoms with Gasteiger partial charge in [-0.05, 0) is 20.4 Å². The second kappa shape index (κ2) is 5.37. The Morgan fingerprint density at radius 1 is 1.47 bits per heavy atom. The molecule has 1 atom stereocenters. The number of aromatic nitrogens is 4. The highest BCUT2D eigenvalue weighted by molar-refractivity contribution is 7.09. The Kier molecular flexibility index (Phi) is 3.86. The molecule has 1 unspecified atom stereocenters. The van der Waals surface area contributed by atoms with E-state index in [1.54, 1.807) is 17.7 Å². The van der Waals surface area contributed by atoms with Gasteiger partial charge in [0.2, 0.25) is 0 Å². The highest BCUT2D eigenvalue weighted by Gasteiger charge is 2.20. The van der Waals surface area contributed by atoms with Crippen molar-refractivity contribution in [2.45, 2.75) is 33.4 Å². The molecule has 17 heavy (non-hydrogen) atoms. The van der Waals surface area contributed by atoms with Crippen LogP contribution in [0, 0.1) is 6.92 Å². The van der Waals surface area contributed by atoms with E-state index in [2.05, 4.69) is 39.6 Å². The lowest BCUT2D eigenvalue weighted by atomic mass is 10.2. The van der Waals surface area contributed by atoms with E-state index >= 15 is 0 Å².